The van der Waals surface area contributed by atoms with Gasteiger partial charge in [-0.05, 0) is 11.1 Å². The number of hydrogen-bond acceptors (Lipinski definition) is 4. The van der Waals surface area contributed by atoms with Crippen molar-refractivity contribution in [1.82, 2.24) is 5.32 Å². The van der Waals surface area contributed by atoms with E-state index < -0.39 is 11.5 Å². The lowest BCUT2D eigenvalue weighted by molar-refractivity contribution is -0.134. The Labute approximate surface area is 137 Å². The third-order valence-corrected chi connectivity index (χ3v) is 4.39. The number of carbonyl (C=O) groups excluding carboxylic acids is 1. The summed E-state index contributed by atoms with van der Waals surface area (Å²) < 4.78 is 0. The summed E-state index contributed by atoms with van der Waals surface area (Å²) in [6, 6.07) is 18.5. The number of nitrogens with one attached hydrogen (secondary N) is 1. The van der Waals surface area contributed by atoms with Crippen molar-refractivity contribution in [3.63, 3.8) is 0 Å². The maximum atomic E-state index is 12.8. The van der Waals surface area contributed by atoms with E-state index in [-0.39, 0.29) is 11.7 Å². The van der Waals surface area contributed by atoms with Crippen LogP contribution in [-0.4, -0.2) is 27.9 Å². The van der Waals surface area contributed by atoms with Crippen LogP contribution in [0.25, 0.3) is 0 Å². The highest BCUT2D eigenvalue weighted by Gasteiger charge is 2.46. The number of carboxylic acids is 1. The summed E-state index contributed by atoms with van der Waals surface area (Å²) in [4.78, 5) is 28.1. The SMILES string of the molecule is O=C(O)CSC1=NC(c2ccccc2)(c2ccccc2)C(=O)N1. The topological polar surface area (TPSA) is 78.8 Å². The smallest absolute Gasteiger partial charge is 0.313 e. The Balaban J connectivity index is 2.10. The van der Waals surface area contributed by atoms with Gasteiger partial charge in [0.05, 0.1) is 5.75 Å². The molecule has 1 aliphatic rings. The first-order chi connectivity index (χ1) is 11.1. The number of carboxylic acid groups (broad SMARTS) is 1. The van der Waals surface area contributed by atoms with E-state index in [9.17, 15) is 9.59 Å². The first-order valence-electron chi connectivity index (χ1n) is 7.00. The van der Waals surface area contributed by atoms with E-state index in [0.717, 1.165) is 22.9 Å². The monoisotopic (exact) mass is 326 g/mol. The van der Waals surface area contributed by atoms with Crippen LogP contribution in [-0.2, 0) is 15.1 Å². The molecule has 0 unspecified atom stereocenters. The molecule has 1 amide bonds. The van der Waals surface area contributed by atoms with Crippen molar-refractivity contribution in [2.24, 2.45) is 4.99 Å². The molecule has 5 nitrogen and oxygen atoms in total. The number of rotatable bonds is 4. The summed E-state index contributed by atoms with van der Waals surface area (Å²) in [5, 5.41) is 11.8. The van der Waals surface area contributed by atoms with Crippen molar-refractivity contribution in [3.8, 4) is 0 Å². The number of nitrogens with zero attached hydrogens (tertiary/aromatic N) is 1. The van der Waals surface area contributed by atoms with Crippen molar-refractivity contribution in [2.45, 2.75) is 5.54 Å². The average molecular weight is 326 g/mol. The minimum Gasteiger partial charge on any atom is -0.481 e. The second-order valence-corrected chi connectivity index (χ2v) is 5.96. The van der Waals surface area contributed by atoms with Gasteiger partial charge in [0.1, 0.15) is 0 Å². The Kier molecular flexibility index (Phi) is 4.16. The summed E-state index contributed by atoms with van der Waals surface area (Å²) in [5.41, 5.74) is 0.313. The molecule has 23 heavy (non-hydrogen) atoms. The van der Waals surface area contributed by atoms with Gasteiger partial charge in [0.2, 0.25) is 0 Å². The highest BCUT2D eigenvalue weighted by Crippen LogP contribution is 2.38. The molecule has 116 valence electrons. The van der Waals surface area contributed by atoms with E-state index in [0.29, 0.717) is 5.17 Å². The molecule has 3 rings (SSSR count). The third kappa shape index (κ3) is 2.85. The Bertz CT molecular complexity index is 720. The minimum absolute atomic E-state index is 0.154. The average Bonchev–Trinajstić information content (AvgIpc) is 2.92. The first kappa shape index (κ1) is 15.3. The molecule has 0 saturated heterocycles. The zero-order chi connectivity index (χ0) is 16.3. The van der Waals surface area contributed by atoms with Crippen LogP contribution in [0.5, 0.6) is 0 Å². The lowest BCUT2D eigenvalue weighted by Gasteiger charge is -2.24. The van der Waals surface area contributed by atoms with Crippen molar-refractivity contribution in [2.75, 3.05) is 5.75 Å². The summed E-state index contributed by atoms with van der Waals surface area (Å²) in [6.45, 7) is 0. The van der Waals surface area contributed by atoms with Crippen molar-refractivity contribution in [1.29, 1.82) is 0 Å². The predicted molar refractivity (Wildman–Crippen MR) is 89.3 cm³/mol. The molecule has 0 fully saturated rings. The van der Waals surface area contributed by atoms with Gasteiger partial charge < -0.3 is 10.4 Å². The maximum Gasteiger partial charge on any atom is 0.313 e. The Morgan fingerprint density at radius 2 is 1.57 bits per heavy atom. The normalized spacial score (nSPS) is 15.8. The molecule has 0 saturated carbocycles. The van der Waals surface area contributed by atoms with Crippen molar-refractivity contribution < 1.29 is 14.7 Å². The van der Waals surface area contributed by atoms with E-state index in [1.807, 2.05) is 60.7 Å². The molecule has 1 heterocycles. The van der Waals surface area contributed by atoms with Gasteiger partial charge in [0.15, 0.2) is 10.7 Å². The summed E-state index contributed by atoms with van der Waals surface area (Å²) in [7, 11) is 0. The number of thioether (sulfide) groups is 1. The van der Waals surface area contributed by atoms with Crippen LogP contribution >= 0.6 is 11.8 Å². The fraction of sp³-hybridized carbons (Fsp3) is 0.118. The molecule has 2 aromatic rings. The number of aliphatic carboxylic acids is 1. The predicted octanol–water partition coefficient (Wildman–Crippen LogP) is 2.23. The second-order valence-electron chi connectivity index (χ2n) is 5.00. The Morgan fingerprint density at radius 1 is 1.04 bits per heavy atom. The molecule has 0 atom stereocenters. The Hall–Kier alpha value is -2.60. The van der Waals surface area contributed by atoms with Gasteiger partial charge in [-0.15, -0.1) is 0 Å². The van der Waals surface area contributed by atoms with E-state index in [4.69, 9.17) is 5.11 Å². The highest BCUT2D eigenvalue weighted by molar-refractivity contribution is 8.14. The van der Waals surface area contributed by atoms with Crippen LogP contribution < -0.4 is 5.32 Å². The minimum atomic E-state index is -1.18. The summed E-state index contributed by atoms with van der Waals surface area (Å²) in [5.74, 6) is -1.38. The van der Waals surface area contributed by atoms with Crippen molar-refractivity contribution >= 4 is 28.8 Å². The quantitative estimate of drug-likeness (QED) is 0.903. The van der Waals surface area contributed by atoms with Crippen LogP contribution in [0, 0.1) is 0 Å². The lowest BCUT2D eigenvalue weighted by atomic mass is 9.83. The van der Waals surface area contributed by atoms with Gasteiger partial charge in [-0.2, -0.15) is 0 Å². The van der Waals surface area contributed by atoms with Gasteiger partial charge >= 0.3 is 5.97 Å². The first-order valence-corrected chi connectivity index (χ1v) is 7.98. The van der Waals surface area contributed by atoms with Gasteiger partial charge in [0.25, 0.3) is 5.91 Å². The fourth-order valence-electron chi connectivity index (χ4n) is 2.53. The van der Waals surface area contributed by atoms with Crippen LogP contribution in [0.2, 0.25) is 0 Å². The van der Waals surface area contributed by atoms with Gasteiger partial charge in [-0.25, -0.2) is 4.99 Å². The molecule has 0 aliphatic carbocycles. The Morgan fingerprint density at radius 3 is 2.04 bits per heavy atom. The number of hydrogen-bond donors (Lipinski definition) is 2. The van der Waals surface area contributed by atoms with Crippen molar-refractivity contribution in [3.05, 3.63) is 71.8 Å². The molecule has 2 aromatic carbocycles. The van der Waals surface area contributed by atoms with Crippen LogP contribution in [0.1, 0.15) is 11.1 Å². The molecule has 2 N–H and O–H groups in total. The second kappa shape index (κ2) is 6.26. The zero-order valence-electron chi connectivity index (χ0n) is 12.1. The zero-order valence-corrected chi connectivity index (χ0v) is 12.9. The number of amides is 1. The number of benzene rings is 2. The van der Waals surface area contributed by atoms with E-state index in [1.54, 1.807) is 0 Å². The summed E-state index contributed by atoms with van der Waals surface area (Å²) >= 11 is 1.01. The standard InChI is InChI=1S/C17H14N2O3S/c20-14(21)11-23-16-18-15(22)17(19-16,12-7-3-1-4-8-12)13-9-5-2-6-10-13/h1-10H,11H2,(H,20,21)(H,18,19,22). The largest absolute Gasteiger partial charge is 0.481 e. The molecular formula is C17H14N2O3S. The van der Waals surface area contributed by atoms with Gasteiger partial charge in [-0.1, -0.05) is 72.4 Å². The van der Waals surface area contributed by atoms with Gasteiger partial charge in [0, 0.05) is 0 Å². The number of carbonyl (C=O) groups is 2. The highest BCUT2D eigenvalue weighted by atomic mass is 32.2. The molecule has 0 aromatic heterocycles. The fourth-order valence-corrected chi connectivity index (χ4v) is 3.16. The molecule has 0 spiro atoms. The van der Waals surface area contributed by atoms with E-state index >= 15 is 0 Å². The molecule has 1 aliphatic heterocycles. The molecule has 6 heteroatoms. The van der Waals surface area contributed by atoms with Crippen LogP contribution in [0.3, 0.4) is 0 Å². The lowest BCUT2D eigenvalue weighted by Crippen LogP contribution is -2.38. The molecular weight excluding hydrogens is 312 g/mol. The van der Waals surface area contributed by atoms with E-state index in [1.165, 1.54) is 0 Å². The summed E-state index contributed by atoms with van der Waals surface area (Å²) in [6.07, 6.45) is 0. The van der Waals surface area contributed by atoms with Gasteiger partial charge in [-0.3, -0.25) is 9.59 Å². The maximum absolute atomic E-state index is 12.8. The van der Waals surface area contributed by atoms with Crippen LogP contribution in [0.4, 0.5) is 0 Å². The van der Waals surface area contributed by atoms with E-state index in [2.05, 4.69) is 10.3 Å². The van der Waals surface area contributed by atoms with Crippen LogP contribution in [0.15, 0.2) is 65.7 Å². The molecule has 0 bridgehead atoms. The number of amidine groups is 1. The third-order valence-electron chi connectivity index (χ3n) is 3.53. The molecule has 0 radical (unpaired) electrons. The number of aliphatic imine (C=N–C) groups is 1.